The van der Waals surface area contributed by atoms with Crippen LogP contribution in [0.1, 0.15) is 0 Å². The number of nitrogens with zero attached hydrogens (tertiary/aromatic N) is 1. The van der Waals surface area contributed by atoms with Gasteiger partial charge in [-0.25, -0.2) is 13.2 Å². The molecule has 1 amide bonds. The summed E-state index contributed by atoms with van der Waals surface area (Å²) in [7, 11) is 0.952. The fourth-order valence-corrected chi connectivity index (χ4v) is 1.31. The first kappa shape index (κ1) is 16.2. The van der Waals surface area contributed by atoms with Crippen molar-refractivity contribution < 1.29 is 31.5 Å². The van der Waals surface area contributed by atoms with Crippen molar-refractivity contribution in [1.82, 2.24) is 4.90 Å². The van der Waals surface area contributed by atoms with Crippen molar-refractivity contribution in [2.24, 2.45) is 0 Å². The van der Waals surface area contributed by atoms with Crippen LogP contribution in [0, 0.1) is 5.82 Å². The average molecular weight is 297 g/mol. The minimum atomic E-state index is -4.73. The largest absolute Gasteiger partial charge is 0.492 e. The van der Waals surface area contributed by atoms with Crippen LogP contribution in [0.2, 0.25) is 0 Å². The van der Waals surface area contributed by atoms with E-state index in [1.165, 1.54) is 18.2 Å². The van der Waals surface area contributed by atoms with Gasteiger partial charge in [0.2, 0.25) is 0 Å². The molecule has 0 heterocycles. The first-order valence-corrected chi connectivity index (χ1v) is 5.55. The Labute approximate surface area is 111 Å². The van der Waals surface area contributed by atoms with Crippen molar-refractivity contribution in [3.8, 4) is 5.75 Å². The molecule has 0 N–H and O–H groups in total. The normalized spacial score (nSPS) is 11.6. The molecule has 20 heavy (non-hydrogen) atoms. The summed E-state index contributed by atoms with van der Waals surface area (Å²) in [5.41, 5.74) is 0. The second-order valence-corrected chi connectivity index (χ2v) is 3.96. The van der Waals surface area contributed by atoms with E-state index in [2.05, 4.69) is 0 Å². The number of benzene rings is 1. The molecule has 1 aromatic rings. The van der Waals surface area contributed by atoms with Gasteiger partial charge in [0.15, 0.2) is 0 Å². The van der Waals surface area contributed by atoms with Crippen molar-refractivity contribution >= 4 is 5.91 Å². The Bertz CT molecular complexity index is 467. The minimum Gasteiger partial charge on any atom is -0.492 e. The van der Waals surface area contributed by atoms with E-state index in [-0.39, 0.29) is 18.9 Å². The van der Waals surface area contributed by atoms with Gasteiger partial charge < -0.3 is 9.64 Å². The molecule has 0 bridgehead atoms. The fourth-order valence-electron chi connectivity index (χ4n) is 1.31. The lowest BCUT2D eigenvalue weighted by Gasteiger charge is -2.22. The maximum atomic E-state index is 12.8. The summed E-state index contributed by atoms with van der Waals surface area (Å²) in [5, 5.41) is 0. The summed E-state index contributed by atoms with van der Waals surface area (Å²) in [6.45, 7) is -0.567. The number of carbonyl (C=O) groups excluding carboxylic acids is 1. The third-order valence-electron chi connectivity index (χ3n) is 2.40. The van der Waals surface area contributed by atoms with E-state index < -0.39 is 24.1 Å². The van der Waals surface area contributed by atoms with Gasteiger partial charge in [0.25, 0.3) is 5.91 Å². The van der Waals surface area contributed by atoms with E-state index in [0.717, 1.165) is 13.1 Å². The second kappa shape index (κ2) is 6.53. The fraction of sp³-hybridized carbons (Fsp3) is 0.417. The summed E-state index contributed by atoms with van der Waals surface area (Å²) in [6, 6.07) is 5.06. The van der Waals surface area contributed by atoms with Gasteiger partial charge in [-0.1, -0.05) is 6.07 Å². The van der Waals surface area contributed by atoms with Gasteiger partial charge in [-0.2, -0.15) is 8.78 Å². The molecule has 0 unspecified atom stereocenters. The SMILES string of the molecule is CN(CCOc1cccc(F)c1)C(=O)C(F)(F)C(F)F. The Kier molecular flexibility index (Phi) is 5.29. The summed E-state index contributed by atoms with van der Waals surface area (Å²) in [4.78, 5) is 11.5. The molecule has 3 nitrogen and oxygen atoms in total. The molecule has 0 aliphatic rings. The molecule has 1 rings (SSSR count). The molecule has 0 atom stereocenters. The zero-order chi connectivity index (χ0) is 15.3. The zero-order valence-corrected chi connectivity index (χ0v) is 10.5. The average Bonchev–Trinajstić information content (AvgIpc) is 2.37. The number of halogens is 5. The van der Waals surface area contributed by atoms with Crippen LogP contribution in [-0.2, 0) is 4.79 Å². The number of ether oxygens (including phenoxy) is 1. The van der Waals surface area contributed by atoms with Crippen LogP contribution in [0.4, 0.5) is 22.0 Å². The van der Waals surface area contributed by atoms with Gasteiger partial charge >= 0.3 is 12.3 Å². The van der Waals surface area contributed by atoms with Gasteiger partial charge in [0, 0.05) is 13.1 Å². The molecule has 0 saturated carbocycles. The highest BCUT2D eigenvalue weighted by Crippen LogP contribution is 2.24. The Morgan fingerprint density at radius 1 is 1.40 bits per heavy atom. The van der Waals surface area contributed by atoms with E-state index >= 15 is 0 Å². The maximum Gasteiger partial charge on any atom is 0.383 e. The van der Waals surface area contributed by atoms with E-state index in [4.69, 9.17) is 4.74 Å². The first-order chi connectivity index (χ1) is 9.25. The highest BCUT2D eigenvalue weighted by Gasteiger charge is 2.50. The lowest BCUT2D eigenvalue weighted by molar-refractivity contribution is -0.179. The molecular weight excluding hydrogens is 285 g/mol. The van der Waals surface area contributed by atoms with E-state index in [1.54, 1.807) is 0 Å². The quantitative estimate of drug-likeness (QED) is 0.755. The molecule has 112 valence electrons. The number of amides is 1. The molecule has 0 aromatic heterocycles. The zero-order valence-electron chi connectivity index (χ0n) is 10.5. The van der Waals surface area contributed by atoms with Crippen molar-refractivity contribution in [3.05, 3.63) is 30.1 Å². The summed E-state index contributed by atoms with van der Waals surface area (Å²) >= 11 is 0. The van der Waals surface area contributed by atoms with Crippen molar-refractivity contribution in [3.63, 3.8) is 0 Å². The van der Waals surface area contributed by atoms with Gasteiger partial charge in [-0.05, 0) is 12.1 Å². The summed E-state index contributed by atoms with van der Waals surface area (Å²) in [5.74, 6) is -7.12. The van der Waals surface area contributed by atoms with Crippen LogP contribution < -0.4 is 4.74 Å². The number of likely N-dealkylation sites (N-methyl/N-ethyl adjacent to an activating group) is 1. The van der Waals surface area contributed by atoms with Gasteiger partial charge in [-0.15, -0.1) is 0 Å². The molecule has 0 spiro atoms. The Hall–Kier alpha value is -1.86. The van der Waals surface area contributed by atoms with Crippen LogP contribution in [0.5, 0.6) is 5.75 Å². The number of alkyl halides is 4. The van der Waals surface area contributed by atoms with Crippen LogP contribution in [0.3, 0.4) is 0 Å². The molecule has 0 saturated heterocycles. The Morgan fingerprint density at radius 2 is 2.05 bits per heavy atom. The standard InChI is InChI=1S/C12H12F5NO2/c1-18(11(19)12(16,17)10(14)15)5-6-20-9-4-2-3-8(13)7-9/h2-4,7,10H,5-6H2,1H3. The van der Waals surface area contributed by atoms with E-state index in [9.17, 15) is 26.7 Å². The summed E-state index contributed by atoms with van der Waals surface area (Å²) in [6.07, 6.45) is -4.07. The first-order valence-electron chi connectivity index (χ1n) is 5.55. The molecule has 0 radical (unpaired) electrons. The van der Waals surface area contributed by atoms with Crippen LogP contribution in [0.25, 0.3) is 0 Å². The number of carbonyl (C=O) groups is 1. The molecule has 0 aliphatic heterocycles. The predicted molar refractivity (Wildman–Crippen MR) is 60.5 cm³/mol. The second-order valence-electron chi connectivity index (χ2n) is 3.96. The lowest BCUT2D eigenvalue weighted by atomic mass is 10.3. The topological polar surface area (TPSA) is 29.5 Å². The van der Waals surface area contributed by atoms with E-state index in [1.807, 2.05) is 0 Å². The highest BCUT2D eigenvalue weighted by atomic mass is 19.3. The third-order valence-corrected chi connectivity index (χ3v) is 2.40. The number of hydrogen-bond acceptors (Lipinski definition) is 2. The van der Waals surface area contributed by atoms with Gasteiger partial charge in [0.05, 0.1) is 6.54 Å². The molecule has 1 aromatic carbocycles. The molecule has 0 fully saturated rings. The number of hydrogen-bond donors (Lipinski definition) is 0. The van der Waals surface area contributed by atoms with Crippen LogP contribution in [0.15, 0.2) is 24.3 Å². The highest BCUT2D eigenvalue weighted by molar-refractivity contribution is 5.83. The van der Waals surface area contributed by atoms with Crippen LogP contribution >= 0.6 is 0 Å². The van der Waals surface area contributed by atoms with Crippen LogP contribution in [-0.4, -0.2) is 43.4 Å². The minimum absolute atomic E-state index is 0.145. The van der Waals surface area contributed by atoms with E-state index in [0.29, 0.717) is 4.90 Å². The van der Waals surface area contributed by atoms with Gasteiger partial charge in [-0.3, -0.25) is 4.79 Å². The Morgan fingerprint density at radius 3 is 2.60 bits per heavy atom. The maximum absolute atomic E-state index is 12.8. The molecule has 0 aliphatic carbocycles. The predicted octanol–water partition coefficient (Wildman–Crippen LogP) is 2.56. The smallest absolute Gasteiger partial charge is 0.383 e. The van der Waals surface area contributed by atoms with Crippen molar-refractivity contribution in [2.75, 3.05) is 20.2 Å². The monoisotopic (exact) mass is 297 g/mol. The molecular formula is C12H12F5NO2. The van der Waals surface area contributed by atoms with Gasteiger partial charge in [0.1, 0.15) is 18.2 Å². The molecule has 8 heteroatoms. The summed E-state index contributed by atoms with van der Waals surface area (Å²) < 4.78 is 67.3. The van der Waals surface area contributed by atoms with Crippen molar-refractivity contribution in [2.45, 2.75) is 12.3 Å². The lowest BCUT2D eigenvalue weighted by Crippen LogP contribution is -2.47. The van der Waals surface area contributed by atoms with Crippen molar-refractivity contribution in [1.29, 1.82) is 0 Å². The third kappa shape index (κ3) is 4.07. The Balaban J connectivity index is 2.48. The number of rotatable bonds is 6.